The van der Waals surface area contributed by atoms with Gasteiger partial charge in [-0.1, -0.05) is 102 Å². The summed E-state index contributed by atoms with van der Waals surface area (Å²) in [5.41, 5.74) is 0.835. The Labute approximate surface area is 137 Å². The number of ketones is 1. The van der Waals surface area contributed by atoms with Crippen LogP contribution in [0.15, 0.2) is 24.3 Å². The number of Topliss-reactive ketones (excluding diaryl/α,β-unsaturated/α-hetero) is 1. The SMILES string of the molecule is CCCCCCCCCCCCCCC(=O)c1cc[c]cc1. The highest BCUT2D eigenvalue weighted by atomic mass is 16.1. The highest BCUT2D eigenvalue weighted by Gasteiger charge is 2.03. The van der Waals surface area contributed by atoms with Crippen LogP contribution in [0, 0.1) is 6.07 Å². The molecule has 1 heteroatoms. The number of carbonyl (C=O) groups excluding carboxylic acids is 1. The zero-order chi connectivity index (χ0) is 15.9. The van der Waals surface area contributed by atoms with Gasteiger partial charge in [0.2, 0.25) is 0 Å². The van der Waals surface area contributed by atoms with Crippen molar-refractivity contribution in [3.8, 4) is 0 Å². The Morgan fingerprint density at radius 3 is 1.73 bits per heavy atom. The summed E-state index contributed by atoms with van der Waals surface area (Å²) in [5.74, 6) is 0.279. The summed E-state index contributed by atoms with van der Waals surface area (Å²) in [6.07, 6.45) is 16.7. The zero-order valence-electron chi connectivity index (χ0n) is 14.4. The topological polar surface area (TPSA) is 17.1 Å². The van der Waals surface area contributed by atoms with E-state index in [1.165, 1.54) is 70.6 Å². The van der Waals surface area contributed by atoms with E-state index in [2.05, 4.69) is 13.0 Å². The summed E-state index contributed by atoms with van der Waals surface area (Å²) >= 11 is 0. The van der Waals surface area contributed by atoms with Crippen molar-refractivity contribution in [2.75, 3.05) is 0 Å². The van der Waals surface area contributed by atoms with Gasteiger partial charge in [0.25, 0.3) is 0 Å². The summed E-state index contributed by atoms with van der Waals surface area (Å²) in [6, 6.07) is 10.3. The quantitative estimate of drug-likeness (QED) is 0.274. The fraction of sp³-hybridized carbons (Fsp3) is 0.667. The van der Waals surface area contributed by atoms with Crippen LogP contribution >= 0.6 is 0 Å². The monoisotopic (exact) mass is 301 g/mol. The molecule has 1 radical (unpaired) electrons. The van der Waals surface area contributed by atoms with Gasteiger partial charge in [-0.25, -0.2) is 0 Å². The van der Waals surface area contributed by atoms with Gasteiger partial charge in [-0.15, -0.1) is 0 Å². The fourth-order valence-electron chi connectivity index (χ4n) is 2.84. The molecule has 22 heavy (non-hydrogen) atoms. The molecule has 0 N–H and O–H groups in total. The largest absolute Gasteiger partial charge is 0.294 e. The molecule has 0 aromatic heterocycles. The third-order valence-electron chi connectivity index (χ3n) is 4.30. The normalized spacial score (nSPS) is 10.8. The molecule has 0 spiro atoms. The number of hydrogen-bond acceptors (Lipinski definition) is 1. The van der Waals surface area contributed by atoms with Crippen LogP contribution in [0.4, 0.5) is 0 Å². The lowest BCUT2D eigenvalue weighted by molar-refractivity contribution is 0.0979. The number of hydrogen-bond donors (Lipinski definition) is 0. The minimum Gasteiger partial charge on any atom is -0.294 e. The second-order valence-corrected chi connectivity index (χ2v) is 6.35. The van der Waals surface area contributed by atoms with Crippen LogP contribution in [0.5, 0.6) is 0 Å². The lowest BCUT2D eigenvalue weighted by Crippen LogP contribution is -1.98. The summed E-state index contributed by atoms with van der Waals surface area (Å²) in [6.45, 7) is 2.27. The van der Waals surface area contributed by atoms with Crippen LogP contribution in [0.25, 0.3) is 0 Å². The first-order chi connectivity index (χ1) is 10.8. The molecule has 1 aromatic carbocycles. The van der Waals surface area contributed by atoms with Gasteiger partial charge in [-0.05, 0) is 12.5 Å². The molecule has 0 aliphatic carbocycles. The molecule has 0 amide bonds. The molecule has 0 saturated carbocycles. The van der Waals surface area contributed by atoms with E-state index in [-0.39, 0.29) is 5.78 Å². The van der Waals surface area contributed by atoms with Crippen molar-refractivity contribution in [1.29, 1.82) is 0 Å². The van der Waals surface area contributed by atoms with Crippen molar-refractivity contribution >= 4 is 5.78 Å². The van der Waals surface area contributed by atoms with Crippen molar-refractivity contribution in [3.63, 3.8) is 0 Å². The minimum atomic E-state index is 0.279. The maximum absolute atomic E-state index is 11.9. The number of rotatable bonds is 14. The Hall–Kier alpha value is -1.11. The van der Waals surface area contributed by atoms with Crippen molar-refractivity contribution < 1.29 is 4.79 Å². The fourth-order valence-corrected chi connectivity index (χ4v) is 2.84. The standard InChI is InChI=1S/C21H33O/c1-2-3-4-5-6-7-8-9-10-11-12-16-19-21(22)20-17-14-13-15-18-20/h14-15,17-18H,2-12,16,19H2,1H3. The average Bonchev–Trinajstić information content (AvgIpc) is 2.56. The average molecular weight is 301 g/mol. The molecular formula is C21H33O. The summed E-state index contributed by atoms with van der Waals surface area (Å²) < 4.78 is 0. The summed E-state index contributed by atoms with van der Waals surface area (Å²) in [5, 5.41) is 0. The molecule has 0 bridgehead atoms. The van der Waals surface area contributed by atoms with Crippen LogP contribution in [0.3, 0.4) is 0 Å². The molecule has 0 heterocycles. The number of carbonyl (C=O) groups is 1. The number of benzene rings is 1. The minimum absolute atomic E-state index is 0.279. The predicted molar refractivity (Wildman–Crippen MR) is 95.3 cm³/mol. The van der Waals surface area contributed by atoms with E-state index < -0.39 is 0 Å². The molecule has 0 saturated heterocycles. The van der Waals surface area contributed by atoms with E-state index in [1.807, 2.05) is 24.3 Å². The van der Waals surface area contributed by atoms with Gasteiger partial charge >= 0.3 is 0 Å². The van der Waals surface area contributed by atoms with Crippen molar-refractivity contribution in [2.24, 2.45) is 0 Å². The molecule has 0 aliphatic heterocycles. The molecule has 123 valence electrons. The third-order valence-corrected chi connectivity index (χ3v) is 4.30. The molecule has 0 unspecified atom stereocenters. The van der Waals surface area contributed by atoms with E-state index in [1.54, 1.807) is 0 Å². The van der Waals surface area contributed by atoms with Crippen LogP contribution in [-0.2, 0) is 0 Å². The van der Waals surface area contributed by atoms with Gasteiger partial charge in [-0.2, -0.15) is 0 Å². The highest BCUT2D eigenvalue weighted by Crippen LogP contribution is 2.13. The van der Waals surface area contributed by atoms with Gasteiger partial charge in [0.05, 0.1) is 0 Å². The maximum atomic E-state index is 11.9. The van der Waals surface area contributed by atoms with Crippen LogP contribution in [0.1, 0.15) is 101 Å². The lowest BCUT2D eigenvalue weighted by atomic mass is 10.0. The predicted octanol–water partition coefficient (Wildman–Crippen LogP) is 6.76. The van der Waals surface area contributed by atoms with E-state index in [4.69, 9.17) is 0 Å². The maximum Gasteiger partial charge on any atom is 0.162 e. The van der Waals surface area contributed by atoms with Crippen LogP contribution < -0.4 is 0 Å². The molecule has 1 aromatic rings. The smallest absolute Gasteiger partial charge is 0.162 e. The van der Waals surface area contributed by atoms with Gasteiger partial charge in [0.1, 0.15) is 0 Å². The molecule has 1 rings (SSSR count). The Bertz CT molecular complexity index is 369. The lowest BCUT2D eigenvalue weighted by Gasteiger charge is -2.03. The first kappa shape index (κ1) is 18.9. The van der Waals surface area contributed by atoms with Crippen molar-refractivity contribution in [3.05, 3.63) is 35.9 Å². The Morgan fingerprint density at radius 2 is 1.23 bits per heavy atom. The third kappa shape index (κ3) is 9.76. The molecule has 0 fully saturated rings. The summed E-state index contributed by atoms with van der Waals surface area (Å²) in [4.78, 5) is 11.9. The van der Waals surface area contributed by atoms with Gasteiger partial charge < -0.3 is 0 Å². The Kier molecular flexibility index (Phi) is 11.7. The van der Waals surface area contributed by atoms with Gasteiger partial charge in [0.15, 0.2) is 5.78 Å². The van der Waals surface area contributed by atoms with E-state index in [0.717, 1.165) is 12.0 Å². The van der Waals surface area contributed by atoms with Crippen LogP contribution in [0.2, 0.25) is 0 Å². The molecule has 1 nitrogen and oxygen atoms in total. The molecule has 0 atom stereocenters. The Morgan fingerprint density at radius 1 is 0.773 bits per heavy atom. The van der Waals surface area contributed by atoms with Crippen molar-refractivity contribution in [1.82, 2.24) is 0 Å². The summed E-state index contributed by atoms with van der Waals surface area (Å²) in [7, 11) is 0. The first-order valence-corrected chi connectivity index (χ1v) is 9.34. The van der Waals surface area contributed by atoms with Gasteiger partial charge in [0, 0.05) is 12.0 Å². The van der Waals surface area contributed by atoms with Crippen LogP contribution in [-0.4, -0.2) is 5.78 Å². The first-order valence-electron chi connectivity index (χ1n) is 9.34. The van der Waals surface area contributed by atoms with Gasteiger partial charge in [-0.3, -0.25) is 4.79 Å². The number of unbranched alkanes of at least 4 members (excludes halogenated alkanes) is 11. The van der Waals surface area contributed by atoms with E-state index in [9.17, 15) is 4.79 Å². The van der Waals surface area contributed by atoms with E-state index >= 15 is 0 Å². The highest BCUT2D eigenvalue weighted by molar-refractivity contribution is 5.95. The molecular weight excluding hydrogens is 268 g/mol. The zero-order valence-corrected chi connectivity index (χ0v) is 14.4. The molecule has 0 aliphatic rings. The second-order valence-electron chi connectivity index (χ2n) is 6.35. The Balaban J connectivity index is 1.85. The second kappa shape index (κ2) is 13.5. The van der Waals surface area contributed by atoms with E-state index in [0.29, 0.717) is 6.42 Å². The van der Waals surface area contributed by atoms with Crippen molar-refractivity contribution in [2.45, 2.75) is 90.4 Å².